The van der Waals surface area contributed by atoms with E-state index in [1.165, 1.54) is 16.5 Å². The molecule has 0 aliphatic heterocycles. The fourth-order valence-corrected chi connectivity index (χ4v) is 2.30. The van der Waals surface area contributed by atoms with Crippen LogP contribution in [0.1, 0.15) is 21.6 Å². The van der Waals surface area contributed by atoms with Gasteiger partial charge in [-0.1, -0.05) is 11.6 Å². The summed E-state index contributed by atoms with van der Waals surface area (Å²) < 4.78 is 12.8. The van der Waals surface area contributed by atoms with Crippen LogP contribution in [0.5, 0.6) is 0 Å². The van der Waals surface area contributed by atoms with E-state index in [0.717, 1.165) is 5.56 Å². The normalized spacial score (nSPS) is 9.76. The molecular weight excluding hydrogens is 255 g/mol. The molecule has 0 saturated carbocycles. The van der Waals surface area contributed by atoms with E-state index in [4.69, 9.17) is 11.6 Å². The fourth-order valence-electron chi connectivity index (χ4n) is 1.35. The van der Waals surface area contributed by atoms with Gasteiger partial charge in [-0.05, 0) is 62.4 Å². The van der Waals surface area contributed by atoms with Crippen molar-refractivity contribution in [3.63, 3.8) is 0 Å². The van der Waals surface area contributed by atoms with E-state index in [9.17, 15) is 4.39 Å². The first-order chi connectivity index (χ1) is 7.90. The zero-order valence-corrected chi connectivity index (χ0v) is 12.0. The molecule has 0 amide bonds. The Hall–Kier alpha value is -0.860. The van der Waals surface area contributed by atoms with Gasteiger partial charge in [-0.2, -0.15) is 0 Å². The summed E-state index contributed by atoms with van der Waals surface area (Å²) in [5, 5.41) is 2.66. The zero-order valence-electron chi connectivity index (χ0n) is 10.5. The molecule has 0 bridgehead atoms. The SMILES string of the molecule is Cc1cc(F)c(C)c(Cl)c1.Cc1csc(C)c1. The molecule has 0 nitrogen and oxygen atoms in total. The van der Waals surface area contributed by atoms with Crippen LogP contribution in [0.25, 0.3) is 0 Å². The van der Waals surface area contributed by atoms with Crippen molar-refractivity contribution in [3.8, 4) is 0 Å². The lowest BCUT2D eigenvalue weighted by Gasteiger charge is -1.99. The van der Waals surface area contributed by atoms with Crippen molar-refractivity contribution in [2.24, 2.45) is 0 Å². The maximum Gasteiger partial charge on any atom is 0.127 e. The first-order valence-electron chi connectivity index (χ1n) is 5.34. The van der Waals surface area contributed by atoms with Crippen molar-refractivity contribution in [2.75, 3.05) is 0 Å². The van der Waals surface area contributed by atoms with Crippen LogP contribution in [0.2, 0.25) is 5.02 Å². The van der Waals surface area contributed by atoms with Crippen molar-refractivity contribution in [1.82, 2.24) is 0 Å². The minimum atomic E-state index is -0.231. The highest BCUT2D eigenvalue weighted by atomic mass is 35.5. The van der Waals surface area contributed by atoms with Gasteiger partial charge in [0.1, 0.15) is 5.82 Å². The van der Waals surface area contributed by atoms with Crippen LogP contribution in [0, 0.1) is 33.5 Å². The van der Waals surface area contributed by atoms with Crippen molar-refractivity contribution in [1.29, 1.82) is 0 Å². The minimum Gasteiger partial charge on any atom is -0.207 e. The Labute approximate surface area is 111 Å². The predicted octanol–water partition coefficient (Wildman–Crippen LogP) is 5.46. The molecule has 0 saturated heterocycles. The summed E-state index contributed by atoms with van der Waals surface area (Å²) in [6.45, 7) is 7.71. The van der Waals surface area contributed by atoms with Crippen molar-refractivity contribution >= 4 is 22.9 Å². The Bertz CT molecular complexity index is 463. The molecule has 0 fully saturated rings. The molecule has 92 valence electrons. The molecule has 2 aromatic rings. The number of thiophene rings is 1. The lowest BCUT2D eigenvalue weighted by molar-refractivity contribution is 0.617. The monoisotopic (exact) mass is 270 g/mol. The summed E-state index contributed by atoms with van der Waals surface area (Å²) >= 11 is 7.48. The number of hydrogen-bond donors (Lipinski definition) is 0. The predicted molar refractivity (Wildman–Crippen MR) is 74.7 cm³/mol. The second kappa shape index (κ2) is 6.18. The van der Waals surface area contributed by atoms with Crippen LogP contribution in [0.4, 0.5) is 4.39 Å². The van der Waals surface area contributed by atoms with E-state index in [-0.39, 0.29) is 5.82 Å². The molecule has 0 N–H and O–H groups in total. The molecule has 3 heteroatoms. The van der Waals surface area contributed by atoms with Gasteiger partial charge in [0.15, 0.2) is 0 Å². The third-order valence-electron chi connectivity index (χ3n) is 2.29. The van der Waals surface area contributed by atoms with Crippen LogP contribution >= 0.6 is 22.9 Å². The summed E-state index contributed by atoms with van der Waals surface area (Å²) in [5.41, 5.74) is 2.75. The van der Waals surface area contributed by atoms with Crippen molar-refractivity contribution < 1.29 is 4.39 Å². The Morgan fingerprint density at radius 1 is 1.00 bits per heavy atom. The molecule has 0 unspecified atom stereocenters. The summed E-state index contributed by atoms with van der Waals surface area (Å²) in [4.78, 5) is 1.40. The van der Waals surface area contributed by atoms with Crippen LogP contribution in [0.15, 0.2) is 23.6 Å². The standard InChI is InChI=1S/C8H8ClF.C6H8S/c1-5-3-7(9)6(2)8(10)4-5;1-5-3-6(2)7-4-5/h3-4H,1-2H3;3-4H,1-2H3. The molecule has 2 rings (SSSR count). The minimum absolute atomic E-state index is 0.231. The lowest BCUT2D eigenvalue weighted by Crippen LogP contribution is -1.84. The Kier molecular flexibility index (Phi) is 5.16. The Morgan fingerprint density at radius 2 is 1.65 bits per heavy atom. The average Bonchev–Trinajstić information content (AvgIpc) is 2.60. The molecule has 1 aromatic carbocycles. The van der Waals surface area contributed by atoms with Crippen LogP contribution in [-0.4, -0.2) is 0 Å². The van der Waals surface area contributed by atoms with Gasteiger partial charge in [0, 0.05) is 15.5 Å². The summed E-state index contributed by atoms with van der Waals surface area (Å²) in [7, 11) is 0. The highest BCUT2D eigenvalue weighted by Gasteiger charge is 2.01. The van der Waals surface area contributed by atoms with E-state index in [1.54, 1.807) is 24.3 Å². The van der Waals surface area contributed by atoms with E-state index in [1.807, 2.05) is 6.92 Å². The molecule has 0 spiro atoms. The highest BCUT2D eigenvalue weighted by Crippen LogP contribution is 2.19. The summed E-state index contributed by atoms with van der Waals surface area (Å²) in [6.07, 6.45) is 0. The second-order valence-electron chi connectivity index (χ2n) is 4.09. The largest absolute Gasteiger partial charge is 0.207 e. The topological polar surface area (TPSA) is 0 Å². The lowest BCUT2D eigenvalue weighted by atomic mass is 10.2. The highest BCUT2D eigenvalue weighted by molar-refractivity contribution is 7.10. The molecule has 0 aliphatic rings. The fraction of sp³-hybridized carbons (Fsp3) is 0.286. The number of rotatable bonds is 0. The molecule has 1 aromatic heterocycles. The average molecular weight is 271 g/mol. The molecule has 17 heavy (non-hydrogen) atoms. The Balaban J connectivity index is 0.000000181. The second-order valence-corrected chi connectivity index (χ2v) is 5.61. The number of aryl methyl sites for hydroxylation is 3. The number of hydrogen-bond acceptors (Lipinski definition) is 1. The van der Waals surface area contributed by atoms with Crippen LogP contribution in [0.3, 0.4) is 0 Å². The molecule has 0 radical (unpaired) electrons. The first-order valence-corrected chi connectivity index (χ1v) is 6.60. The quantitative estimate of drug-likeness (QED) is 0.596. The van der Waals surface area contributed by atoms with Gasteiger partial charge in [0.05, 0.1) is 0 Å². The molecule has 1 heterocycles. The first kappa shape index (κ1) is 14.2. The third kappa shape index (κ3) is 4.49. The van der Waals surface area contributed by atoms with E-state index in [0.29, 0.717) is 10.6 Å². The molecule has 0 atom stereocenters. The van der Waals surface area contributed by atoms with Crippen molar-refractivity contribution in [3.05, 3.63) is 56.0 Å². The maximum atomic E-state index is 12.8. The van der Waals surface area contributed by atoms with Crippen LogP contribution < -0.4 is 0 Å². The van der Waals surface area contributed by atoms with E-state index >= 15 is 0 Å². The molecular formula is C14H16ClFS. The van der Waals surface area contributed by atoms with Crippen molar-refractivity contribution in [2.45, 2.75) is 27.7 Å². The van der Waals surface area contributed by atoms with Gasteiger partial charge in [0.25, 0.3) is 0 Å². The summed E-state index contributed by atoms with van der Waals surface area (Å²) in [5.74, 6) is -0.231. The maximum absolute atomic E-state index is 12.8. The van der Waals surface area contributed by atoms with Gasteiger partial charge < -0.3 is 0 Å². The smallest absolute Gasteiger partial charge is 0.127 e. The van der Waals surface area contributed by atoms with Gasteiger partial charge in [-0.25, -0.2) is 4.39 Å². The zero-order chi connectivity index (χ0) is 13.0. The van der Waals surface area contributed by atoms with Gasteiger partial charge >= 0.3 is 0 Å². The van der Waals surface area contributed by atoms with Gasteiger partial charge in [-0.3, -0.25) is 0 Å². The Morgan fingerprint density at radius 3 is 2.00 bits per heavy atom. The number of benzene rings is 1. The van der Waals surface area contributed by atoms with E-state index in [2.05, 4.69) is 25.3 Å². The molecule has 0 aliphatic carbocycles. The van der Waals surface area contributed by atoms with E-state index < -0.39 is 0 Å². The third-order valence-corrected chi connectivity index (χ3v) is 3.66. The summed E-state index contributed by atoms with van der Waals surface area (Å²) in [6, 6.07) is 5.41. The van der Waals surface area contributed by atoms with Gasteiger partial charge in [0.2, 0.25) is 0 Å². The van der Waals surface area contributed by atoms with Gasteiger partial charge in [-0.15, -0.1) is 11.3 Å². The van der Waals surface area contributed by atoms with Crippen LogP contribution in [-0.2, 0) is 0 Å². The number of halogens is 2.